The van der Waals surface area contributed by atoms with Crippen LogP contribution in [0.5, 0.6) is 5.75 Å². The number of halogens is 1. The van der Waals surface area contributed by atoms with Crippen molar-refractivity contribution in [2.24, 2.45) is 4.99 Å². The van der Waals surface area contributed by atoms with E-state index in [1.165, 1.54) is 5.56 Å². The van der Waals surface area contributed by atoms with Crippen LogP contribution in [0.3, 0.4) is 0 Å². The SMILES string of the molecule is CCCOc1cc(C)ccc1CNC(=NC)NCc1ccc(-n2nc(C)cc2C)nc1.I. The van der Waals surface area contributed by atoms with Crippen molar-refractivity contribution in [1.29, 1.82) is 0 Å². The molecule has 0 amide bonds. The highest BCUT2D eigenvalue weighted by atomic mass is 127. The molecule has 1 aromatic carbocycles. The van der Waals surface area contributed by atoms with Gasteiger partial charge in [0, 0.05) is 37.6 Å². The maximum absolute atomic E-state index is 5.90. The summed E-state index contributed by atoms with van der Waals surface area (Å²) >= 11 is 0. The molecule has 0 bridgehead atoms. The zero-order valence-corrected chi connectivity index (χ0v) is 21.8. The van der Waals surface area contributed by atoms with Crippen molar-refractivity contribution in [1.82, 2.24) is 25.4 Å². The Hall–Kier alpha value is -2.62. The zero-order valence-electron chi connectivity index (χ0n) is 19.5. The summed E-state index contributed by atoms with van der Waals surface area (Å²) in [5.41, 5.74) is 5.41. The van der Waals surface area contributed by atoms with Gasteiger partial charge in [0.05, 0.1) is 12.3 Å². The summed E-state index contributed by atoms with van der Waals surface area (Å²) in [5, 5.41) is 11.2. The maximum Gasteiger partial charge on any atom is 0.191 e. The van der Waals surface area contributed by atoms with E-state index in [0.717, 1.165) is 46.5 Å². The molecule has 0 atom stereocenters. The van der Waals surface area contributed by atoms with E-state index in [0.29, 0.717) is 19.7 Å². The van der Waals surface area contributed by atoms with Gasteiger partial charge in [-0.15, -0.1) is 24.0 Å². The number of benzene rings is 1. The zero-order chi connectivity index (χ0) is 22.2. The molecule has 0 radical (unpaired) electrons. The van der Waals surface area contributed by atoms with Crippen molar-refractivity contribution in [2.75, 3.05) is 13.7 Å². The molecular formula is C24H33IN6O. The topological polar surface area (TPSA) is 76.4 Å². The lowest BCUT2D eigenvalue weighted by molar-refractivity contribution is 0.313. The average Bonchev–Trinajstić information content (AvgIpc) is 3.11. The van der Waals surface area contributed by atoms with E-state index in [4.69, 9.17) is 4.74 Å². The summed E-state index contributed by atoms with van der Waals surface area (Å²) < 4.78 is 7.76. The van der Waals surface area contributed by atoms with Crippen LogP contribution < -0.4 is 15.4 Å². The Morgan fingerprint density at radius 2 is 1.84 bits per heavy atom. The van der Waals surface area contributed by atoms with Crippen molar-refractivity contribution >= 4 is 29.9 Å². The van der Waals surface area contributed by atoms with Gasteiger partial charge in [0.2, 0.25) is 0 Å². The highest BCUT2D eigenvalue weighted by molar-refractivity contribution is 14.0. The molecule has 3 aromatic rings. The van der Waals surface area contributed by atoms with Crippen molar-refractivity contribution in [2.45, 2.75) is 47.2 Å². The number of nitrogens with zero attached hydrogens (tertiary/aromatic N) is 4. The third-order valence-corrected chi connectivity index (χ3v) is 4.85. The van der Waals surface area contributed by atoms with E-state index in [1.807, 2.05) is 36.9 Å². The number of rotatable bonds is 8. The van der Waals surface area contributed by atoms with Crippen LogP contribution in [-0.4, -0.2) is 34.4 Å². The molecule has 172 valence electrons. The molecule has 2 N–H and O–H groups in total. The molecule has 0 saturated carbocycles. The standard InChI is InChI=1S/C24H32N6O.HI/c1-6-11-31-22-12-17(2)7-9-21(22)16-28-24(25-5)27-15-20-8-10-23(26-14-20)30-19(4)13-18(3)29-30;/h7-10,12-14H,6,11,15-16H2,1-5H3,(H2,25,27,28);1H. The summed E-state index contributed by atoms with van der Waals surface area (Å²) in [6, 6.07) is 12.4. The van der Waals surface area contributed by atoms with Gasteiger partial charge in [0.1, 0.15) is 5.75 Å². The Labute approximate surface area is 207 Å². The molecule has 0 unspecified atom stereocenters. The first-order valence-electron chi connectivity index (χ1n) is 10.7. The van der Waals surface area contributed by atoms with Gasteiger partial charge < -0.3 is 15.4 Å². The normalized spacial score (nSPS) is 11.1. The van der Waals surface area contributed by atoms with Crippen LogP contribution in [-0.2, 0) is 13.1 Å². The van der Waals surface area contributed by atoms with Gasteiger partial charge in [-0.1, -0.05) is 25.1 Å². The van der Waals surface area contributed by atoms with Crippen molar-refractivity contribution < 1.29 is 4.74 Å². The molecular weight excluding hydrogens is 515 g/mol. The fraction of sp³-hybridized carbons (Fsp3) is 0.375. The molecule has 0 saturated heterocycles. The van der Waals surface area contributed by atoms with Crippen LogP contribution in [0, 0.1) is 20.8 Å². The van der Waals surface area contributed by atoms with E-state index in [2.05, 4.69) is 63.8 Å². The molecule has 0 aliphatic heterocycles. The largest absolute Gasteiger partial charge is 0.493 e. The second-order valence-corrected chi connectivity index (χ2v) is 7.60. The quantitative estimate of drug-likeness (QED) is 0.247. The molecule has 3 rings (SSSR count). The molecule has 2 aromatic heterocycles. The Kier molecular flexibility index (Phi) is 9.96. The van der Waals surface area contributed by atoms with Gasteiger partial charge in [0.25, 0.3) is 0 Å². The van der Waals surface area contributed by atoms with Gasteiger partial charge in [-0.05, 0) is 56.5 Å². The first-order valence-corrected chi connectivity index (χ1v) is 10.7. The Morgan fingerprint density at radius 1 is 1.06 bits per heavy atom. The maximum atomic E-state index is 5.90. The van der Waals surface area contributed by atoms with E-state index < -0.39 is 0 Å². The lowest BCUT2D eigenvalue weighted by Crippen LogP contribution is -2.36. The summed E-state index contributed by atoms with van der Waals surface area (Å²) in [7, 11) is 1.77. The Morgan fingerprint density at radius 3 is 2.47 bits per heavy atom. The molecule has 8 heteroatoms. The first kappa shape index (κ1) is 25.6. The summed E-state index contributed by atoms with van der Waals surface area (Å²) in [6.45, 7) is 10.2. The van der Waals surface area contributed by atoms with Crippen molar-refractivity contribution in [3.8, 4) is 11.6 Å². The lowest BCUT2D eigenvalue weighted by atomic mass is 10.1. The smallest absolute Gasteiger partial charge is 0.191 e. The second kappa shape index (κ2) is 12.4. The van der Waals surface area contributed by atoms with E-state index in [9.17, 15) is 0 Å². The molecule has 7 nitrogen and oxygen atoms in total. The number of nitrogens with one attached hydrogen (secondary N) is 2. The van der Waals surface area contributed by atoms with Crippen LogP contribution in [0.2, 0.25) is 0 Å². The number of guanidine groups is 1. The fourth-order valence-corrected chi connectivity index (χ4v) is 3.25. The van der Waals surface area contributed by atoms with Crippen LogP contribution in [0.4, 0.5) is 0 Å². The number of aromatic nitrogens is 3. The van der Waals surface area contributed by atoms with Gasteiger partial charge in [-0.3, -0.25) is 4.99 Å². The Bertz CT molecular complexity index is 1030. The van der Waals surface area contributed by atoms with Crippen LogP contribution in [0.25, 0.3) is 5.82 Å². The molecule has 2 heterocycles. The highest BCUT2D eigenvalue weighted by Gasteiger charge is 2.07. The van der Waals surface area contributed by atoms with Gasteiger partial charge in [0.15, 0.2) is 11.8 Å². The lowest BCUT2D eigenvalue weighted by Gasteiger charge is -2.15. The monoisotopic (exact) mass is 548 g/mol. The predicted molar refractivity (Wildman–Crippen MR) is 140 cm³/mol. The van der Waals surface area contributed by atoms with Crippen LogP contribution >= 0.6 is 24.0 Å². The number of aryl methyl sites for hydroxylation is 3. The third-order valence-electron chi connectivity index (χ3n) is 4.85. The molecule has 0 spiro atoms. The van der Waals surface area contributed by atoms with E-state index in [1.54, 1.807) is 7.05 Å². The Balaban J connectivity index is 0.00000363. The van der Waals surface area contributed by atoms with Crippen LogP contribution in [0.15, 0.2) is 47.6 Å². The number of pyridine rings is 1. The minimum atomic E-state index is 0. The first-order chi connectivity index (χ1) is 15.0. The molecule has 0 aliphatic carbocycles. The number of ether oxygens (including phenoxy) is 1. The van der Waals surface area contributed by atoms with Gasteiger partial charge >= 0.3 is 0 Å². The predicted octanol–water partition coefficient (Wildman–Crippen LogP) is 4.46. The summed E-state index contributed by atoms with van der Waals surface area (Å²) in [4.78, 5) is 8.88. The molecule has 0 aliphatic rings. The van der Waals surface area contributed by atoms with E-state index in [-0.39, 0.29) is 24.0 Å². The average molecular weight is 548 g/mol. The molecule has 32 heavy (non-hydrogen) atoms. The van der Waals surface area contributed by atoms with Crippen molar-refractivity contribution in [3.63, 3.8) is 0 Å². The van der Waals surface area contributed by atoms with Crippen molar-refractivity contribution in [3.05, 3.63) is 70.7 Å². The minimum absolute atomic E-state index is 0. The number of hydrogen-bond acceptors (Lipinski definition) is 4. The molecule has 0 fully saturated rings. The van der Waals surface area contributed by atoms with E-state index >= 15 is 0 Å². The summed E-state index contributed by atoms with van der Waals surface area (Å²) in [5.74, 6) is 2.47. The third kappa shape index (κ3) is 6.94. The number of hydrogen-bond donors (Lipinski definition) is 2. The van der Waals surface area contributed by atoms with Gasteiger partial charge in [-0.2, -0.15) is 5.10 Å². The van der Waals surface area contributed by atoms with Gasteiger partial charge in [-0.25, -0.2) is 9.67 Å². The summed E-state index contributed by atoms with van der Waals surface area (Å²) in [6.07, 6.45) is 2.85. The fourth-order valence-electron chi connectivity index (χ4n) is 3.25. The van der Waals surface area contributed by atoms with Crippen LogP contribution in [0.1, 0.15) is 41.4 Å². The number of aliphatic imine (C=N–C) groups is 1. The highest BCUT2D eigenvalue weighted by Crippen LogP contribution is 2.20. The second-order valence-electron chi connectivity index (χ2n) is 7.60. The minimum Gasteiger partial charge on any atom is -0.493 e.